The molecular formula is C9H12N2O4. The summed E-state index contributed by atoms with van der Waals surface area (Å²) in [4.78, 5) is 12.7. The highest BCUT2D eigenvalue weighted by atomic mass is 16.5. The summed E-state index contributed by atoms with van der Waals surface area (Å²) in [6.45, 7) is 1.83. The van der Waals surface area contributed by atoms with Crippen LogP contribution in [0.5, 0.6) is 0 Å². The number of carboxylic acids is 1. The van der Waals surface area contributed by atoms with Crippen LogP contribution in [0.1, 0.15) is 5.76 Å². The molecule has 1 atom stereocenters. The van der Waals surface area contributed by atoms with Crippen LogP contribution in [-0.2, 0) is 16.1 Å². The number of nitrogens with zero attached hydrogens (tertiary/aromatic N) is 2. The Morgan fingerprint density at radius 3 is 3.27 bits per heavy atom. The highest BCUT2D eigenvalue weighted by Crippen LogP contribution is 2.11. The quantitative estimate of drug-likeness (QED) is 0.757. The van der Waals surface area contributed by atoms with Crippen LogP contribution in [0.4, 0.5) is 0 Å². The molecule has 0 aromatic carbocycles. The largest absolute Gasteiger partial charge is 0.480 e. The van der Waals surface area contributed by atoms with Crippen LogP contribution in [0.15, 0.2) is 16.8 Å². The molecule has 1 aromatic heterocycles. The lowest BCUT2D eigenvalue weighted by Gasteiger charge is -2.31. The second-order valence-corrected chi connectivity index (χ2v) is 3.38. The van der Waals surface area contributed by atoms with E-state index in [2.05, 4.69) is 5.16 Å². The molecule has 1 aromatic rings. The minimum Gasteiger partial charge on any atom is -0.480 e. The highest BCUT2D eigenvalue weighted by Gasteiger charge is 2.29. The smallest absolute Gasteiger partial charge is 0.323 e. The number of carbonyl (C=O) groups is 1. The van der Waals surface area contributed by atoms with E-state index in [1.165, 1.54) is 0 Å². The molecule has 2 rings (SSSR count). The van der Waals surface area contributed by atoms with Gasteiger partial charge < -0.3 is 14.4 Å². The van der Waals surface area contributed by atoms with E-state index in [4.69, 9.17) is 14.4 Å². The second kappa shape index (κ2) is 4.41. The van der Waals surface area contributed by atoms with Crippen molar-refractivity contribution in [2.45, 2.75) is 12.6 Å². The molecule has 82 valence electrons. The Balaban J connectivity index is 2.02. The fraction of sp³-hybridized carbons (Fsp3) is 0.556. The third-order valence-corrected chi connectivity index (χ3v) is 2.37. The maximum Gasteiger partial charge on any atom is 0.323 e. The molecular weight excluding hydrogens is 200 g/mol. The fourth-order valence-corrected chi connectivity index (χ4v) is 1.58. The number of carboxylic acid groups (broad SMARTS) is 1. The van der Waals surface area contributed by atoms with Crippen LogP contribution < -0.4 is 0 Å². The molecule has 1 aliphatic heterocycles. The minimum absolute atomic E-state index is 0.226. The monoisotopic (exact) mass is 212 g/mol. The Labute approximate surface area is 86.4 Å². The summed E-state index contributed by atoms with van der Waals surface area (Å²) in [5.41, 5.74) is 0. The van der Waals surface area contributed by atoms with E-state index in [1.54, 1.807) is 12.3 Å². The molecule has 1 unspecified atom stereocenters. The predicted octanol–water partition coefficient (Wildman–Crippen LogP) is -0.0400. The third-order valence-electron chi connectivity index (χ3n) is 2.37. The van der Waals surface area contributed by atoms with E-state index >= 15 is 0 Å². The summed E-state index contributed by atoms with van der Waals surface area (Å²) in [6.07, 6.45) is 1.55. The van der Waals surface area contributed by atoms with Crippen LogP contribution >= 0.6 is 0 Å². The van der Waals surface area contributed by atoms with E-state index in [9.17, 15) is 4.79 Å². The molecule has 1 N–H and O–H groups in total. The standard InChI is InChI=1S/C9H12N2O4/c12-9(13)8-6-14-4-3-11(8)5-7-1-2-10-15-7/h1-2,8H,3-6H2,(H,12,13). The predicted molar refractivity (Wildman–Crippen MR) is 49.2 cm³/mol. The molecule has 6 nitrogen and oxygen atoms in total. The van der Waals surface area contributed by atoms with Gasteiger partial charge in [-0.2, -0.15) is 0 Å². The van der Waals surface area contributed by atoms with Gasteiger partial charge in [-0.3, -0.25) is 9.69 Å². The summed E-state index contributed by atoms with van der Waals surface area (Å²) in [5, 5.41) is 12.5. The Morgan fingerprint density at radius 2 is 2.60 bits per heavy atom. The number of hydrogen-bond donors (Lipinski definition) is 1. The van der Waals surface area contributed by atoms with Crippen molar-refractivity contribution in [1.29, 1.82) is 0 Å². The lowest BCUT2D eigenvalue weighted by atomic mass is 10.2. The molecule has 2 heterocycles. The molecule has 0 spiro atoms. The van der Waals surface area contributed by atoms with Crippen molar-refractivity contribution in [3.8, 4) is 0 Å². The molecule has 0 radical (unpaired) electrons. The van der Waals surface area contributed by atoms with Gasteiger partial charge in [0.25, 0.3) is 0 Å². The topological polar surface area (TPSA) is 75.8 Å². The molecule has 1 saturated heterocycles. The van der Waals surface area contributed by atoms with Crippen LogP contribution in [0.3, 0.4) is 0 Å². The van der Waals surface area contributed by atoms with E-state index in [1.807, 2.05) is 4.90 Å². The summed E-state index contributed by atoms with van der Waals surface area (Å²) in [5.74, 6) is -0.197. The van der Waals surface area contributed by atoms with Gasteiger partial charge in [0.1, 0.15) is 6.04 Å². The number of morpholine rings is 1. The Bertz CT molecular complexity index is 325. The van der Waals surface area contributed by atoms with Crippen molar-refractivity contribution in [3.63, 3.8) is 0 Å². The van der Waals surface area contributed by atoms with Crippen molar-refractivity contribution < 1.29 is 19.2 Å². The van der Waals surface area contributed by atoms with Crippen molar-refractivity contribution in [2.24, 2.45) is 0 Å². The SMILES string of the molecule is O=C(O)C1COCCN1Cc1ccno1. The van der Waals surface area contributed by atoms with E-state index < -0.39 is 12.0 Å². The molecule has 15 heavy (non-hydrogen) atoms. The van der Waals surface area contributed by atoms with Gasteiger partial charge in [0.2, 0.25) is 0 Å². The normalized spacial score (nSPS) is 22.8. The van der Waals surface area contributed by atoms with E-state index in [0.717, 1.165) is 0 Å². The molecule has 0 bridgehead atoms. The number of aromatic nitrogens is 1. The summed E-state index contributed by atoms with van der Waals surface area (Å²) >= 11 is 0. The van der Waals surface area contributed by atoms with Crippen molar-refractivity contribution in [3.05, 3.63) is 18.0 Å². The van der Waals surface area contributed by atoms with Gasteiger partial charge in [-0.25, -0.2) is 0 Å². The lowest BCUT2D eigenvalue weighted by Crippen LogP contribution is -2.49. The van der Waals surface area contributed by atoms with Crippen molar-refractivity contribution >= 4 is 5.97 Å². The Kier molecular flexibility index (Phi) is 2.98. The fourth-order valence-electron chi connectivity index (χ4n) is 1.58. The number of ether oxygens (including phenoxy) is 1. The average Bonchev–Trinajstić information content (AvgIpc) is 2.71. The Hall–Kier alpha value is -1.40. The molecule has 0 saturated carbocycles. The molecule has 6 heteroatoms. The number of hydrogen-bond acceptors (Lipinski definition) is 5. The van der Waals surface area contributed by atoms with E-state index in [0.29, 0.717) is 25.5 Å². The zero-order chi connectivity index (χ0) is 10.7. The first-order chi connectivity index (χ1) is 7.27. The molecule has 0 amide bonds. The zero-order valence-electron chi connectivity index (χ0n) is 8.13. The molecule has 1 fully saturated rings. The van der Waals surface area contributed by atoms with Gasteiger partial charge in [-0.1, -0.05) is 5.16 Å². The lowest BCUT2D eigenvalue weighted by molar-refractivity contribution is -0.150. The van der Waals surface area contributed by atoms with Gasteiger partial charge >= 0.3 is 5.97 Å². The molecule has 0 aliphatic carbocycles. The van der Waals surface area contributed by atoms with Crippen molar-refractivity contribution in [2.75, 3.05) is 19.8 Å². The van der Waals surface area contributed by atoms with Crippen LogP contribution in [0, 0.1) is 0 Å². The first-order valence-electron chi connectivity index (χ1n) is 4.71. The maximum absolute atomic E-state index is 10.9. The van der Waals surface area contributed by atoms with Crippen molar-refractivity contribution in [1.82, 2.24) is 10.1 Å². The number of rotatable bonds is 3. The summed E-state index contributed by atoms with van der Waals surface area (Å²) in [6, 6.07) is 1.14. The first-order valence-corrected chi connectivity index (χ1v) is 4.71. The second-order valence-electron chi connectivity index (χ2n) is 3.38. The maximum atomic E-state index is 10.9. The highest BCUT2D eigenvalue weighted by molar-refractivity contribution is 5.73. The Morgan fingerprint density at radius 1 is 1.73 bits per heavy atom. The zero-order valence-corrected chi connectivity index (χ0v) is 8.13. The summed E-state index contributed by atoms with van der Waals surface area (Å²) in [7, 11) is 0. The summed E-state index contributed by atoms with van der Waals surface area (Å²) < 4.78 is 10.1. The molecule has 1 aliphatic rings. The number of aliphatic carboxylic acids is 1. The van der Waals surface area contributed by atoms with E-state index in [-0.39, 0.29) is 6.61 Å². The van der Waals surface area contributed by atoms with Gasteiger partial charge in [0.05, 0.1) is 26.0 Å². The first kappa shape index (κ1) is 10.1. The van der Waals surface area contributed by atoms with Gasteiger partial charge in [0.15, 0.2) is 5.76 Å². The van der Waals surface area contributed by atoms with Crippen LogP contribution in [-0.4, -0.2) is 46.9 Å². The average molecular weight is 212 g/mol. The minimum atomic E-state index is -0.866. The van der Waals surface area contributed by atoms with Gasteiger partial charge in [-0.15, -0.1) is 0 Å². The van der Waals surface area contributed by atoms with Crippen LogP contribution in [0.25, 0.3) is 0 Å². The van der Waals surface area contributed by atoms with Gasteiger partial charge in [-0.05, 0) is 0 Å². The third kappa shape index (κ3) is 2.34. The van der Waals surface area contributed by atoms with Gasteiger partial charge in [0, 0.05) is 12.6 Å². The van der Waals surface area contributed by atoms with Crippen LogP contribution in [0.2, 0.25) is 0 Å².